The van der Waals surface area contributed by atoms with Crippen molar-refractivity contribution in [3.05, 3.63) is 227 Å². The van der Waals surface area contributed by atoms with Gasteiger partial charge in [-0.15, -0.1) is 0 Å². The molecule has 1 atom stereocenters. The molecule has 0 saturated carbocycles. The summed E-state index contributed by atoms with van der Waals surface area (Å²) in [4.78, 5) is 10.1. The third-order valence-corrected chi connectivity index (χ3v) is 9.83. The van der Waals surface area contributed by atoms with Gasteiger partial charge in [-0.1, -0.05) is 182 Å². The first-order chi connectivity index (χ1) is 24.3. The van der Waals surface area contributed by atoms with Crippen molar-refractivity contribution in [3.63, 3.8) is 0 Å². The van der Waals surface area contributed by atoms with Crippen LogP contribution < -0.4 is 5.32 Å². The number of nitrogens with zero attached hydrogens (tertiary/aromatic N) is 2. The van der Waals surface area contributed by atoms with Gasteiger partial charge in [0, 0.05) is 11.1 Å². The van der Waals surface area contributed by atoms with E-state index in [4.69, 9.17) is 9.98 Å². The molecule has 0 radical (unpaired) electrons. The monoisotopic (exact) mass is 627 g/mol. The first-order valence-corrected chi connectivity index (χ1v) is 16.8. The van der Waals surface area contributed by atoms with Crippen LogP contribution in [0.5, 0.6) is 0 Å². The van der Waals surface area contributed by atoms with Crippen LogP contribution >= 0.6 is 0 Å². The molecule has 1 N–H and O–H groups in total. The quantitative estimate of drug-likeness (QED) is 0.196. The van der Waals surface area contributed by atoms with Crippen molar-refractivity contribution in [1.29, 1.82) is 0 Å². The van der Waals surface area contributed by atoms with Gasteiger partial charge in [-0.25, -0.2) is 9.98 Å². The van der Waals surface area contributed by atoms with Crippen molar-refractivity contribution in [2.24, 2.45) is 9.98 Å². The van der Waals surface area contributed by atoms with Crippen molar-refractivity contribution in [3.8, 4) is 22.3 Å². The fraction of sp³-hybridized carbons (Fsp3) is 0.0435. The van der Waals surface area contributed by atoms with Crippen molar-refractivity contribution in [2.75, 3.05) is 0 Å². The van der Waals surface area contributed by atoms with Gasteiger partial charge in [-0.3, -0.25) is 0 Å². The molecule has 3 heteroatoms. The maximum atomic E-state index is 5.10. The highest BCUT2D eigenvalue weighted by molar-refractivity contribution is 6.16. The largest absolute Gasteiger partial charge is 0.324 e. The number of benzene rings is 7. The summed E-state index contributed by atoms with van der Waals surface area (Å²) >= 11 is 0. The summed E-state index contributed by atoms with van der Waals surface area (Å²) < 4.78 is 0. The molecule has 0 saturated heterocycles. The van der Waals surface area contributed by atoms with E-state index in [1.807, 2.05) is 36.4 Å². The summed E-state index contributed by atoms with van der Waals surface area (Å²) in [6, 6.07) is 67.0. The van der Waals surface area contributed by atoms with Crippen LogP contribution in [-0.2, 0) is 5.41 Å². The predicted octanol–water partition coefficient (Wildman–Crippen LogP) is 10.2. The third-order valence-electron chi connectivity index (χ3n) is 9.83. The minimum atomic E-state index is -0.408. The molecule has 49 heavy (non-hydrogen) atoms. The average molecular weight is 628 g/mol. The normalized spacial score (nSPS) is 15.7. The molecule has 1 heterocycles. The van der Waals surface area contributed by atoms with Crippen molar-refractivity contribution < 1.29 is 0 Å². The van der Waals surface area contributed by atoms with E-state index in [1.165, 1.54) is 33.4 Å². The highest BCUT2D eigenvalue weighted by atomic mass is 15.2. The van der Waals surface area contributed by atoms with Gasteiger partial charge in [0.15, 0.2) is 6.17 Å². The molecule has 9 rings (SSSR count). The highest BCUT2D eigenvalue weighted by Crippen LogP contribution is 2.56. The smallest absolute Gasteiger partial charge is 0.169 e. The summed E-state index contributed by atoms with van der Waals surface area (Å²) in [6.45, 7) is 0. The van der Waals surface area contributed by atoms with E-state index in [0.29, 0.717) is 0 Å². The molecule has 232 valence electrons. The lowest BCUT2D eigenvalue weighted by Crippen LogP contribution is -2.36. The van der Waals surface area contributed by atoms with Gasteiger partial charge in [0.25, 0.3) is 0 Å². The zero-order valence-corrected chi connectivity index (χ0v) is 26.9. The molecule has 1 aliphatic heterocycles. The number of nitrogens with one attached hydrogen (secondary N) is 1. The number of rotatable bonds is 6. The summed E-state index contributed by atoms with van der Waals surface area (Å²) in [5, 5.41) is 3.55. The molecular formula is C46H33N3. The second kappa shape index (κ2) is 12.0. The first-order valence-electron chi connectivity index (χ1n) is 16.8. The lowest BCUT2D eigenvalue weighted by Gasteiger charge is -2.34. The number of hydrogen-bond donors (Lipinski definition) is 1. The Morgan fingerprint density at radius 1 is 0.388 bits per heavy atom. The molecule has 2 aliphatic rings. The summed E-state index contributed by atoms with van der Waals surface area (Å²) in [7, 11) is 0. The molecule has 3 nitrogen and oxygen atoms in total. The summed E-state index contributed by atoms with van der Waals surface area (Å²) in [5.41, 5.74) is 12.8. The van der Waals surface area contributed by atoms with Crippen LogP contribution in [0.1, 0.15) is 45.1 Å². The first kappa shape index (κ1) is 28.9. The zero-order valence-electron chi connectivity index (χ0n) is 26.9. The van der Waals surface area contributed by atoms with Crippen LogP contribution in [0.25, 0.3) is 22.3 Å². The number of fused-ring (bicyclic) bond motifs is 3. The summed E-state index contributed by atoms with van der Waals surface area (Å²) in [5.74, 6) is 1.63. The SMILES string of the molecule is c1ccc(C2=NC(c3ccccc3)N=C(c3cccc(-c4ccc(C5(c6ccccc6)c6ccccc6-c6ccccc65)cc4)c3)N2)cc1. The van der Waals surface area contributed by atoms with Gasteiger partial charge < -0.3 is 5.32 Å². The molecule has 1 aliphatic carbocycles. The second-order valence-electron chi connectivity index (χ2n) is 12.6. The van der Waals surface area contributed by atoms with Gasteiger partial charge in [-0.2, -0.15) is 0 Å². The van der Waals surface area contributed by atoms with Gasteiger partial charge >= 0.3 is 0 Å². The van der Waals surface area contributed by atoms with Crippen LogP contribution in [0.4, 0.5) is 0 Å². The van der Waals surface area contributed by atoms with Crippen molar-refractivity contribution >= 4 is 11.7 Å². The van der Waals surface area contributed by atoms with E-state index >= 15 is 0 Å². The van der Waals surface area contributed by atoms with E-state index in [0.717, 1.165) is 39.5 Å². The van der Waals surface area contributed by atoms with Crippen molar-refractivity contribution in [1.82, 2.24) is 5.32 Å². The molecule has 0 amide bonds. The Kier molecular flexibility index (Phi) is 7.09. The molecule has 0 aromatic heterocycles. The molecular weight excluding hydrogens is 595 g/mol. The Balaban J connectivity index is 1.12. The van der Waals surface area contributed by atoms with Crippen LogP contribution in [0, 0.1) is 0 Å². The van der Waals surface area contributed by atoms with E-state index in [1.54, 1.807) is 0 Å². The zero-order chi connectivity index (χ0) is 32.6. The van der Waals surface area contributed by atoms with Gasteiger partial charge in [-0.05, 0) is 56.1 Å². The fourth-order valence-electron chi connectivity index (χ4n) is 7.58. The Morgan fingerprint density at radius 2 is 0.878 bits per heavy atom. The predicted molar refractivity (Wildman–Crippen MR) is 201 cm³/mol. The Hall–Kier alpha value is -6.32. The molecule has 1 unspecified atom stereocenters. The van der Waals surface area contributed by atoms with Gasteiger partial charge in [0.1, 0.15) is 11.7 Å². The van der Waals surface area contributed by atoms with E-state index < -0.39 is 5.41 Å². The van der Waals surface area contributed by atoms with Crippen LogP contribution in [0.3, 0.4) is 0 Å². The second-order valence-corrected chi connectivity index (χ2v) is 12.6. The van der Waals surface area contributed by atoms with E-state index in [9.17, 15) is 0 Å². The minimum absolute atomic E-state index is 0.332. The van der Waals surface area contributed by atoms with Gasteiger partial charge in [0.2, 0.25) is 0 Å². The van der Waals surface area contributed by atoms with E-state index in [2.05, 4.69) is 157 Å². The minimum Gasteiger partial charge on any atom is -0.324 e. The third kappa shape index (κ3) is 4.90. The standard InChI is InChI=1S/C46H33N3/c1-4-15-33(16-5-1)43-47-44(34-17-6-2-7-18-34)49-45(48-43)36-20-14-19-35(31-36)32-27-29-38(30-28-32)46(37-21-8-3-9-22-37)41-25-12-10-23-39(41)40-24-11-13-26-42(40)46/h1-31,43H,(H,47,48,49). The maximum absolute atomic E-state index is 5.10. The Morgan fingerprint density at radius 3 is 1.53 bits per heavy atom. The Bertz CT molecular complexity index is 2300. The van der Waals surface area contributed by atoms with Crippen molar-refractivity contribution in [2.45, 2.75) is 11.6 Å². The molecule has 0 bridgehead atoms. The summed E-state index contributed by atoms with van der Waals surface area (Å²) in [6.07, 6.45) is -0.332. The maximum Gasteiger partial charge on any atom is 0.169 e. The van der Waals surface area contributed by atoms with Crippen LogP contribution in [-0.4, -0.2) is 11.7 Å². The van der Waals surface area contributed by atoms with Gasteiger partial charge in [0.05, 0.1) is 5.41 Å². The van der Waals surface area contributed by atoms with E-state index in [-0.39, 0.29) is 6.17 Å². The average Bonchev–Trinajstić information content (AvgIpc) is 3.50. The lowest BCUT2D eigenvalue weighted by molar-refractivity contribution is 0.756. The van der Waals surface area contributed by atoms with Crippen LogP contribution in [0.15, 0.2) is 198 Å². The molecule has 0 spiro atoms. The molecule has 7 aromatic carbocycles. The highest BCUT2D eigenvalue weighted by Gasteiger charge is 2.45. The topological polar surface area (TPSA) is 36.8 Å². The number of hydrogen-bond acceptors (Lipinski definition) is 3. The number of amidine groups is 2. The molecule has 0 fully saturated rings. The van der Waals surface area contributed by atoms with Crippen LogP contribution in [0.2, 0.25) is 0 Å². The lowest BCUT2D eigenvalue weighted by atomic mass is 9.67. The number of aliphatic imine (C=N–C) groups is 2. The Labute approximate surface area is 287 Å². The fourth-order valence-corrected chi connectivity index (χ4v) is 7.58. The molecule has 7 aromatic rings.